The second-order valence-corrected chi connectivity index (χ2v) is 19.0. The molecule has 1 aliphatic heterocycles. The van der Waals surface area contributed by atoms with Crippen molar-refractivity contribution in [3.63, 3.8) is 0 Å². The number of benzene rings is 11. The molecule has 70 heavy (non-hydrogen) atoms. The molecule has 2 nitrogen and oxygen atoms in total. The molecule has 1 heterocycles. The van der Waals surface area contributed by atoms with E-state index in [0.29, 0.717) is 0 Å². The van der Waals surface area contributed by atoms with Gasteiger partial charge in [-0.05, 0) is 114 Å². The smallest absolute Gasteiger partial charge is 0.134 e. The second kappa shape index (κ2) is 14.8. The van der Waals surface area contributed by atoms with Crippen LogP contribution in [-0.2, 0) is 10.8 Å². The largest absolute Gasteiger partial charge is 0.457 e. The minimum Gasteiger partial charge on any atom is -0.457 e. The Morgan fingerprint density at radius 3 is 1.24 bits per heavy atom. The zero-order valence-electron chi connectivity index (χ0n) is 38.2. The van der Waals surface area contributed by atoms with Crippen LogP contribution >= 0.6 is 0 Å². The first kappa shape index (κ1) is 39.1. The third-order valence-corrected chi connectivity index (χ3v) is 15.8. The van der Waals surface area contributed by atoms with Crippen LogP contribution in [0.4, 0.5) is 17.1 Å². The van der Waals surface area contributed by atoms with Gasteiger partial charge in [-0.25, -0.2) is 0 Å². The standard InChI is InChI=1S/C68H43NO/c1-2-21-44(22-3-1)69(45-41-42-61-65(43-45)70-64-40-19-17-37-60(64)68(61)57-34-14-8-27-50(57)51-28-9-15-35-58(51)68)63-39-18-11-29-52(63)46-23-4-5-24-47(46)53-31-20-38-62-66(53)54-30-10-16-36-59(54)67(62)55-32-12-6-25-48(55)49-26-7-13-33-56(49)67/h1-43H. The topological polar surface area (TPSA) is 12.5 Å². The van der Waals surface area contributed by atoms with Crippen molar-refractivity contribution < 1.29 is 4.74 Å². The van der Waals surface area contributed by atoms with Gasteiger partial charge >= 0.3 is 0 Å². The maximum Gasteiger partial charge on any atom is 0.134 e. The van der Waals surface area contributed by atoms with E-state index in [4.69, 9.17) is 4.74 Å². The summed E-state index contributed by atoms with van der Waals surface area (Å²) in [5, 5.41) is 0. The van der Waals surface area contributed by atoms with Gasteiger partial charge in [0.1, 0.15) is 11.5 Å². The van der Waals surface area contributed by atoms with Gasteiger partial charge in [0.15, 0.2) is 0 Å². The molecular formula is C68H43NO. The van der Waals surface area contributed by atoms with Gasteiger partial charge in [0.25, 0.3) is 0 Å². The number of ether oxygens (including phenoxy) is 1. The molecule has 0 radical (unpaired) electrons. The molecule has 2 spiro atoms. The number of para-hydroxylation sites is 3. The monoisotopic (exact) mass is 889 g/mol. The van der Waals surface area contributed by atoms with Gasteiger partial charge in [0.05, 0.1) is 16.5 Å². The quantitative estimate of drug-likeness (QED) is 0.171. The minimum absolute atomic E-state index is 0.428. The zero-order valence-corrected chi connectivity index (χ0v) is 38.2. The van der Waals surface area contributed by atoms with Crippen molar-refractivity contribution >= 4 is 17.1 Å². The van der Waals surface area contributed by atoms with E-state index in [0.717, 1.165) is 45.3 Å². The highest BCUT2D eigenvalue weighted by molar-refractivity contribution is 6.03. The van der Waals surface area contributed by atoms with Crippen LogP contribution in [-0.4, -0.2) is 0 Å². The summed E-state index contributed by atoms with van der Waals surface area (Å²) in [5.74, 6) is 1.73. The molecule has 0 amide bonds. The van der Waals surface area contributed by atoms with Gasteiger partial charge in [0.2, 0.25) is 0 Å². The third-order valence-electron chi connectivity index (χ3n) is 15.8. The molecule has 11 aromatic carbocycles. The van der Waals surface area contributed by atoms with Crippen LogP contribution in [0.2, 0.25) is 0 Å². The lowest BCUT2D eigenvalue weighted by atomic mass is 9.66. The van der Waals surface area contributed by atoms with Gasteiger partial charge < -0.3 is 9.64 Å². The average molecular weight is 890 g/mol. The van der Waals surface area contributed by atoms with Crippen LogP contribution in [0.15, 0.2) is 261 Å². The fraction of sp³-hybridized carbons (Fsp3) is 0.0294. The van der Waals surface area contributed by atoms with E-state index >= 15 is 0 Å². The molecule has 0 saturated carbocycles. The minimum atomic E-state index is -0.542. The highest BCUT2D eigenvalue weighted by atomic mass is 16.5. The maximum absolute atomic E-state index is 7.08. The van der Waals surface area contributed by atoms with Crippen LogP contribution in [0.1, 0.15) is 44.5 Å². The Morgan fingerprint density at radius 1 is 0.243 bits per heavy atom. The van der Waals surface area contributed by atoms with Gasteiger partial charge in [-0.3, -0.25) is 0 Å². The number of hydrogen-bond acceptors (Lipinski definition) is 2. The maximum atomic E-state index is 7.08. The summed E-state index contributed by atoms with van der Waals surface area (Å²) in [6.45, 7) is 0. The molecule has 11 aromatic rings. The van der Waals surface area contributed by atoms with Crippen molar-refractivity contribution in [2.24, 2.45) is 0 Å². The summed E-state index contributed by atoms with van der Waals surface area (Å²) in [4.78, 5) is 2.41. The van der Waals surface area contributed by atoms with Crippen molar-refractivity contribution in [2.45, 2.75) is 10.8 Å². The van der Waals surface area contributed by atoms with Crippen LogP contribution < -0.4 is 9.64 Å². The molecule has 326 valence electrons. The SMILES string of the molecule is c1ccc(N(c2ccc3c(c2)Oc2ccccc2C32c3ccccc3-c3ccccc32)c2ccccc2-c2ccccc2-c2cccc3c2-c2ccccc2C32c3ccccc3-c3ccccc32)cc1. The molecule has 0 N–H and O–H groups in total. The Morgan fingerprint density at radius 2 is 0.643 bits per heavy atom. The Balaban J connectivity index is 0.933. The Bertz CT molecular complexity index is 3870. The summed E-state index contributed by atoms with van der Waals surface area (Å²) in [5.41, 5.74) is 24.9. The molecule has 0 aromatic heterocycles. The van der Waals surface area contributed by atoms with Gasteiger partial charge in [-0.2, -0.15) is 0 Å². The fourth-order valence-electron chi connectivity index (χ4n) is 13.2. The Labute approximate surface area is 408 Å². The second-order valence-electron chi connectivity index (χ2n) is 19.0. The van der Waals surface area contributed by atoms with Crippen molar-refractivity contribution in [1.29, 1.82) is 0 Å². The first-order chi connectivity index (χ1) is 34.8. The van der Waals surface area contributed by atoms with E-state index in [1.54, 1.807) is 0 Å². The van der Waals surface area contributed by atoms with E-state index in [1.165, 1.54) is 83.5 Å². The summed E-state index contributed by atoms with van der Waals surface area (Å²) in [6, 6.07) is 96.2. The Hall–Kier alpha value is -8.98. The summed E-state index contributed by atoms with van der Waals surface area (Å²) in [7, 11) is 0. The zero-order chi connectivity index (χ0) is 46.0. The summed E-state index contributed by atoms with van der Waals surface area (Å²) in [6.07, 6.45) is 0. The number of anilines is 3. The third kappa shape index (κ3) is 5.07. The summed E-state index contributed by atoms with van der Waals surface area (Å²) >= 11 is 0. The molecule has 3 aliphatic carbocycles. The molecule has 0 saturated heterocycles. The molecular weight excluding hydrogens is 847 g/mol. The lowest BCUT2D eigenvalue weighted by Crippen LogP contribution is -2.32. The van der Waals surface area contributed by atoms with Gasteiger partial charge in [-0.1, -0.05) is 224 Å². The van der Waals surface area contributed by atoms with E-state index in [1.807, 2.05) is 0 Å². The Kier molecular flexibility index (Phi) is 8.24. The molecule has 0 atom stereocenters. The van der Waals surface area contributed by atoms with E-state index in [-0.39, 0.29) is 0 Å². The molecule has 0 fully saturated rings. The number of rotatable bonds is 5. The number of hydrogen-bond donors (Lipinski definition) is 0. The highest BCUT2D eigenvalue weighted by Crippen LogP contribution is 2.65. The van der Waals surface area contributed by atoms with E-state index in [9.17, 15) is 0 Å². The van der Waals surface area contributed by atoms with Crippen molar-refractivity contribution in [2.75, 3.05) is 4.90 Å². The van der Waals surface area contributed by atoms with E-state index in [2.05, 4.69) is 266 Å². The number of fused-ring (bicyclic) bond motifs is 19. The number of nitrogens with zero attached hydrogens (tertiary/aromatic N) is 1. The first-order valence-corrected chi connectivity index (χ1v) is 24.3. The lowest BCUT2D eigenvalue weighted by molar-refractivity contribution is 0.436. The normalized spacial score (nSPS) is 14.1. The van der Waals surface area contributed by atoms with Gasteiger partial charge in [0, 0.05) is 34.1 Å². The van der Waals surface area contributed by atoms with Crippen molar-refractivity contribution in [3.8, 4) is 67.1 Å². The first-order valence-electron chi connectivity index (χ1n) is 24.3. The molecule has 2 heteroatoms. The molecule has 0 bridgehead atoms. The predicted octanol–water partition coefficient (Wildman–Crippen LogP) is 17.3. The van der Waals surface area contributed by atoms with Crippen molar-refractivity contribution in [1.82, 2.24) is 0 Å². The van der Waals surface area contributed by atoms with Crippen molar-refractivity contribution in [3.05, 3.63) is 305 Å². The fourth-order valence-corrected chi connectivity index (χ4v) is 13.2. The van der Waals surface area contributed by atoms with Crippen LogP contribution in [0, 0.1) is 0 Å². The average Bonchev–Trinajstić information content (AvgIpc) is 4.02. The molecule has 15 rings (SSSR count). The van der Waals surface area contributed by atoms with Gasteiger partial charge in [-0.15, -0.1) is 0 Å². The molecule has 4 aliphatic rings. The predicted molar refractivity (Wildman–Crippen MR) is 286 cm³/mol. The van der Waals surface area contributed by atoms with E-state index < -0.39 is 10.8 Å². The molecule has 0 unspecified atom stereocenters. The lowest BCUT2D eigenvalue weighted by Gasteiger charge is -2.40. The van der Waals surface area contributed by atoms with Crippen LogP contribution in [0.25, 0.3) is 55.6 Å². The van der Waals surface area contributed by atoms with Crippen LogP contribution in [0.5, 0.6) is 11.5 Å². The highest BCUT2D eigenvalue weighted by Gasteiger charge is 2.53. The van der Waals surface area contributed by atoms with Crippen LogP contribution in [0.3, 0.4) is 0 Å². The summed E-state index contributed by atoms with van der Waals surface area (Å²) < 4.78 is 7.08.